The number of aromatic nitrogens is 2. The molecule has 0 saturated carbocycles. The Labute approximate surface area is 181 Å². The fraction of sp³-hybridized carbons (Fsp3) is 0.231. The Hall–Kier alpha value is -3.60. The highest BCUT2D eigenvalue weighted by molar-refractivity contribution is 5.97. The fourth-order valence-electron chi connectivity index (χ4n) is 4.53. The Morgan fingerprint density at radius 3 is 2.68 bits per heavy atom. The number of rotatable bonds is 5. The molecule has 5 nitrogen and oxygen atoms in total. The molecule has 0 aliphatic carbocycles. The number of fused-ring (bicyclic) bond motifs is 1. The minimum Gasteiger partial charge on any atom is -0.495 e. The molecule has 1 unspecified atom stereocenters. The number of hydrogen-bond donors (Lipinski definition) is 0. The van der Waals surface area contributed by atoms with Crippen LogP contribution in [-0.4, -0.2) is 29.1 Å². The molecule has 1 aliphatic rings. The minimum absolute atomic E-state index is 0.0228. The quantitative estimate of drug-likeness (QED) is 0.468. The van der Waals surface area contributed by atoms with E-state index in [1.165, 1.54) is 11.1 Å². The first-order valence-corrected chi connectivity index (χ1v) is 10.6. The highest BCUT2D eigenvalue weighted by atomic mass is 16.5. The van der Waals surface area contributed by atoms with Crippen LogP contribution in [0.1, 0.15) is 29.3 Å². The van der Waals surface area contributed by atoms with E-state index in [4.69, 9.17) is 9.72 Å². The first-order chi connectivity index (χ1) is 15.1. The molecule has 0 radical (unpaired) electrons. The van der Waals surface area contributed by atoms with Crippen LogP contribution in [0.3, 0.4) is 0 Å². The van der Waals surface area contributed by atoms with Crippen molar-refractivity contribution in [2.45, 2.75) is 25.8 Å². The van der Waals surface area contributed by atoms with E-state index in [1.54, 1.807) is 7.11 Å². The van der Waals surface area contributed by atoms with Gasteiger partial charge in [0.15, 0.2) is 0 Å². The number of anilines is 1. The number of carbonyl (C=O) groups is 1. The average molecular weight is 412 g/mol. The Bertz CT molecular complexity index is 1260. The Kier molecular flexibility index (Phi) is 4.94. The van der Waals surface area contributed by atoms with Gasteiger partial charge >= 0.3 is 0 Å². The summed E-state index contributed by atoms with van der Waals surface area (Å²) in [5.74, 6) is 1.80. The molecule has 31 heavy (non-hydrogen) atoms. The van der Waals surface area contributed by atoms with Crippen molar-refractivity contribution < 1.29 is 9.53 Å². The number of methoxy groups -OCH3 is 1. The molecule has 1 saturated heterocycles. The third kappa shape index (κ3) is 3.56. The lowest BCUT2D eigenvalue weighted by atomic mass is 10.1. The van der Waals surface area contributed by atoms with Crippen LogP contribution in [0, 0.1) is 6.92 Å². The monoisotopic (exact) mass is 411 g/mol. The summed E-state index contributed by atoms with van der Waals surface area (Å²) in [5, 5.41) is 0. The zero-order valence-corrected chi connectivity index (χ0v) is 17.8. The third-order valence-electron chi connectivity index (χ3n) is 5.97. The van der Waals surface area contributed by atoms with Gasteiger partial charge in [0.2, 0.25) is 5.91 Å². The second kappa shape index (κ2) is 7.91. The van der Waals surface area contributed by atoms with E-state index in [-0.39, 0.29) is 11.8 Å². The van der Waals surface area contributed by atoms with Gasteiger partial charge in [0.1, 0.15) is 11.6 Å². The summed E-state index contributed by atoms with van der Waals surface area (Å²) in [4.78, 5) is 19.8. The van der Waals surface area contributed by atoms with Gasteiger partial charge < -0.3 is 14.2 Å². The van der Waals surface area contributed by atoms with Gasteiger partial charge in [-0.05, 0) is 36.8 Å². The first-order valence-electron chi connectivity index (χ1n) is 10.6. The van der Waals surface area contributed by atoms with E-state index in [2.05, 4.69) is 41.8 Å². The van der Waals surface area contributed by atoms with E-state index in [1.807, 2.05) is 47.4 Å². The summed E-state index contributed by atoms with van der Waals surface area (Å²) in [6, 6.07) is 24.4. The maximum absolute atomic E-state index is 13.0. The van der Waals surface area contributed by atoms with Crippen LogP contribution in [0.2, 0.25) is 0 Å². The second-order valence-electron chi connectivity index (χ2n) is 8.11. The Balaban J connectivity index is 1.54. The van der Waals surface area contributed by atoms with Gasteiger partial charge in [-0.15, -0.1) is 0 Å². The molecule has 5 heteroatoms. The molecular formula is C26H25N3O2. The average Bonchev–Trinajstić information content (AvgIpc) is 3.34. The van der Waals surface area contributed by atoms with Crippen molar-refractivity contribution in [2.24, 2.45) is 0 Å². The third-order valence-corrected chi connectivity index (χ3v) is 5.97. The van der Waals surface area contributed by atoms with Gasteiger partial charge in [0.25, 0.3) is 0 Å². The van der Waals surface area contributed by atoms with Gasteiger partial charge in [0.05, 0.1) is 23.8 Å². The standard InChI is InChI=1S/C26H25N3O2/c1-18-8-7-9-19(14-18)16-29-22-11-4-3-10-21(22)27-26(29)20-15-25(30)28(17-20)23-12-5-6-13-24(23)31-2/h3-14,20H,15-17H2,1-2H3. The molecular weight excluding hydrogens is 386 g/mol. The zero-order chi connectivity index (χ0) is 21.4. The van der Waals surface area contributed by atoms with Crippen LogP contribution in [0.15, 0.2) is 72.8 Å². The van der Waals surface area contributed by atoms with Crippen molar-refractivity contribution >= 4 is 22.6 Å². The summed E-state index contributed by atoms with van der Waals surface area (Å²) in [6.07, 6.45) is 0.440. The lowest BCUT2D eigenvalue weighted by molar-refractivity contribution is -0.117. The number of ether oxygens (including phenoxy) is 1. The zero-order valence-electron chi connectivity index (χ0n) is 17.8. The molecule has 1 aliphatic heterocycles. The molecule has 0 N–H and O–H groups in total. The van der Waals surface area contributed by atoms with Crippen LogP contribution < -0.4 is 9.64 Å². The van der Waals surface area contributed by atoms with Crippen molar-refractivity contribution in [3.63, 3.8) is 0 Å². The number of para-hydroxylation sites is 4. The lowest BCUT2D eigenvalue weighted by Gasteiger charge is -2.20. The summed E-state index contributed by atoms with van der Waals surface area (Å²) in [7, 11) is 1.64. The van der Waals surface area contributed by atoms with E-state index in [0.717, 1.165) is 29.1 Å². The summed E-state index contributed by atoms with van der Waals surface area (Å²) < 4.78 is 7.77. The topological polar surface area (TPSA) is 47.4 Å². The predicted molar refractivity (Wildman–Crippen MR) is 123 cm³/mol. The van der Waals surface area contributed by atoms with Gasteiger partial charge in [-0.2, -0.15) is 0 Å². The van der Waals surface area contributed by atoms with Crippen molar-refractivity contribution in [1.29, 1.82) is 0 Å². The maximum Gasteiger partial charge on any atom is 0.227 e. The largest absolute Gasteiger partial charge is 0.495 e. The number of carbonyl (C=O) groups excluding carboxylic acids is 1. The molecule has 3 aromatic carbocycles. The van der Waals surface area contributed by atoms with Crippen molar-refractivity contribution in [2.75, 3.05) is 18.6 Å². The molecule has 4 aromatic rings. The Morgan fingerprint density at radius 1 is 1.03 bits per heavy atom. The number of aryl methyl sites for hydroxylation is 1. The van der Waals surface area contributed by atoms with E-state index in [0.29, 0.717) is 18.7 Å². The van der Waals surface area contributed by atoms with Crippen LogP contribution in [0.25, 0.3) is 11.0 Å². The molecule has 1 aromatic heterocycles. The maximum atomic E-state index is 13.0. The van der Waals surface area contributed by atoms with E-state index in [9.17, 15) is 4.79 Å². The van der Waals surface area contributed by atoms with Crippen LogP contribution in [0.4, 0.5) is 5.69 Å². The highest BCUT2D eigenvalue weighted by Crippen LogP contribution is 2.37. The molecule has 1 atom stereocenters. The molecule has 0 bridgehead atoms. The van der Waals surface area contributed by atoms with E-state index >= 15 is 0 Å². The summed E-state index contributed by atoms with van der Waals surface area (Å²) in [5.41, 5.74) is 5.35. The smallest absolute Gasteiger partial charge is 0.227 e. The minimum atomic E-state index is 0.0228. The van der Waals surface area contributed by atoms with Crippen molar-refractivity contribution in [3.8, 4) is 5.75 Å². The SMILES string of the molecule is COc1ccccc1N1CC(c2nc3ccccc3n2Cc2cccc(C)c2)CC1=O. The number of nitrogens with zero attached hydrogens (tertiary/aromatic N) is 3. The number of hydrogen-bond acceptors (Lipinski definition) is 3. The van der Waals surface area contributed by atoms with Crippen molar-refractivity contribution in [1.82, 2.24) is 9.55 Å². The van der Waals surface area contributed by atoms with Crippen molar-refractivity contribution in [3.05, 3.63) is 89.7 Å². The highest BCUT2D eigenvalue weighted by Gasteiger charge is 2.35. The molecule has 1 amide bonds. The molecule has 156 valence electrons. The van der Waals surface area contributed by atoms with Gasteiger partial charge in [0, 0.05) is 25.4 Å². The normalized spacial score (nSPS) is 16.3. The molecule has 2 heterocycles. The van der Waals surface area contributed by atoms with Crippen LogP contribution >= 0.6 is 0 Å². The Morgan fingerprint density at radius 2 is 1.84 bits per heavy atom. The fourth-order valence-corrected chi connectivity index (χ4v) is 4.53. The molecule has 0 spiro atoms. The lowest BCUT2D eigenvalue weighted by Crippen LogP contribution is -2.25. The predicted octanol–water partition coefficient (Wildman–Crippen LogP) is 4.92. The number of imidazole rings is 1. The molecule has 5 rings (SSSR count). The van der Waals surface area contributed by atoms with Gasteiger partial charge in [-0.3, -0.25) is 4.79 Å². The molecule has 1 fully saturated rings. The number of benzene rings is 3. The van der Waals surface area contributed by atoms with Crippen LogP contribution in [-0.2, 0) is 11.3 Å². The summed E-state index contributed by atoms with van der Waals surface area (Å²) >= 11 is 0. The number of amides is 1. The van der Waals surface area contributed by atoms with E-state index < -0.39 is 0 Å². The van der Waals surface area contributed by atoms with Gasteiger partial charge in [-0.1, -0.05) is 54.1 Å². The second-order valence-corrected chi connectivity index (χ2v) is 8.11. The summed E-state index contributed by atoms with van der Waals surface area (Å²) in [6.45, 7) is 3.43. The first kappa shape index (κ1) is 19.4. The van der Waals surface area contributed by atoms with Crippen LogP contribution in [0.5, 0.6) is 5.75 Å². The van der Waals surface area contributed by atoms with Gasteiger partial charge in [-0.25, -0.2) is 4.98 Å².